The number of nitrogens with zero attached hydrogens (tertiary/aromatic N) is 2. The van der Waals surface area contributed by atoms with Gasteiger partial charge in [-0.15, -0.1) is 24.0 Å². The van der Waals surface area contributed by atoms with Crippen molar-refractivity contribution in [1.29, 1.82) is 0 Å². The van der Waals surface area contributed by atoms with Gasteiger partial charge in [0.2, 0.25) is 0 Å². The lowest BCUT2D eigenvalue weighted by atomic mass is 9.91. The SMILES string of the molecule is CN=C(NCCCOCCOC)NCc1ccccc1CN1CC(C)CC(C)C1.I. The molecular formula is C23H41IN4O2. The maximum Gasteiger partial charge on any atom is 0.191 e. The van der Waals surface area contributed by atoms with Crippen molar-refractivity contribution in [2.75, 3.05) is 53.6 Å². The number of guanidine groups is 1. The van der Waals surface area contributed by atoms with Crippen LogP contribution in [0.3, 0.4) is 0 Å². The zero-order valence-electron chi connectivity index (χ0n) is 19.2. The van der Waals surface area contributed by atoms with Gasteiger partial charge in [-0.2, -0.15) is 0 Å². The zero-order chi connectivity index (χ0) is 20.9. The molecule has 30 heavy (non-hydrogen) atoms. The third kappa shape index (κ3) is 10.4. The van der Waals surface area contributed by atoms with E-state index in [1.165, 1.54) is 30.6 Å². The molecule has 1 aliphatic heterocycles. The molecule has 2 unspecified atom stereocenters. The number of piperidine rings is 1. The van der Waals surface area contributed by atoms with E-state index in [4.69, 9.17) is 9.47 Å². The summed E-state index contributed by atoms with van der Waals surface area (Å²) in [4.78, 5) is 6.94. The summed E-state index contributed by atoms with van der Waals surface area (Å²) in [6.45, 7) is 11.8. The van der Waals surface area contributed by atoms with Crippen molar-refractivity contribution in [2.45, 2.75) is 39.8 Å². The first-order chi connectivity index (χ1) is 14.1. The maximum absolute atomic E-state index is 5.49. The van der Waals surface area contributed by atoms with Gasteiger partial charge in [-0.05, 0) is 35.8 Å². The van der Waals surface area contributed by atoms with Gasteiger partial charge in [0, 0.05) is 53.5 Å². The number of hydrogen-bond donors (Lipinski definition) is 2. The average Bonchev–Trinajstić information content (AvgIpc) is 2.70. The molecule has 7 heteroatoms. The molecule has 0 aliphatic carbocycles. The minimum absolute atomic E-state index is 0. The molecule has 2 rings (SSSR count). The molecular weight excluding hydrogens is 491 g/mol. The molecule has 0 bridgehead atoms. The van der Waals surface area contributed by atoms with Crippen molar-refractivity contribution in [3.63, 3.8) is 0 Å². The van der Waals surface area contributed by atoms with Gasteiger partial charge in [0.1, 0.15) is 0 Å². The lowest BCUT2D eigenvalue weighted by Crippen LogP contribution is -2.39. The summed E-state index contributed by atoms with van der Waals surface area (Å²) in [5, 5.41) is 6.81. The standard InChI is InChI=1S/C23H40N4O2.HI/c1-19-14-20(2)17-27(16-19)18-22-9-6-5-8-21(22)15-26-23(24-3)25-10-7-11-29-13-12-28-4;/h5-6,8-9,19-20H,7,10-18H2,1-4H3,(H2,24,25,26);1H. The monoisotopic (exact) mass is 532 g/mol. The van der Waals surface area contributed by atoms with Gasteiger partial charge in [0.25, 0.3) is 0 Å². The number of ether oxygens (including phenoxy) is 2. The third-order valence-corrected chi connectivity index (χ3v) is 5.32. The Balaban J connectivity index is 0.00000450. The molecule has 1 heterocycles. The summed E-state index contributed by atoms with van der Waals surface area (Å²) >= 11 is 0. The summed E-state index contributed by atoms with van der Waals surface area (Å²) < 4.78 is 10.5. The summed E-state index contributed by atoms with van der Waals surface area (Å²) in [5.74, 6) is 2.40. The fourth-order valence-electron chi connectivity index (χ4n) is 4.07. The summed E-state index contributed by atoms with van der Waals surface area (Å²) in [6.07, 6.45) is 2.28. The first kappa shape index (κ1) is 27.1. The Labute approximate surface area is 200 Å². The number of rotatable bonds is 11. The van der Waals surface area contributed by atoms with Crippen LogP contribution in [0.4, 0.5) is 0 Å². The molecule has 1 aliphatic rings. The van der Waals surface area contributed by atoms with Crippen molar-refractivity contribution >= 4 is 29.9 Å². The van der Waals surface area contributed by atoms with Crippen LogP contribution in [0.15, 0.2) is 29.3 Å². The van der Waals surface area contributed by atoms with E-state index in [-0.39, 0.29) is 24.0 Å². The van der Waals surface area contributed by atoms with Crippen molar-refractivity contribution < 1.29 is 9.47 Å². The predicted molar refractivity (Wildman–Crippen MR) is 136 cm³/mol. The van der Waals surface area contributed by atoms with Crippen LogP contribution in [0.25, 0.3) is 0 Å². The second kappa shape index (κ2) is 15.8. The second-order valence-corrected chi connectivity index (χ2v) is 8.22. The zero-order valence-corrected chi connectivity index (χ0v) is 21.5. The molecule has 0 spiro atoms. The lowest BCUT2D eigenvalue weighted by molar-refractivity contribution is 0.0698. The first-order valence-electron chi connectivity index (χ1n) is 10.9. The van der Waals surface area contributed by atoms with E-state index < -0.39 is 0 Å². The van der Waals surface area contributed by atoms with E-state index in [0.717, 1.165) is 50.5 Å². The predicted octanol–water partition coefficient (Wildman–Crippen LogP) is 3.50. The van der Waals surface area contributed by atoms with E-state index in [0.29, 0.717) is 13.2 Å². The number of hydrogen-bond acceptors (Lipinski definition) is 4. The highest BCUT2D eigenvalue weighted by Crippen LogP contribution is 2.23. The maximum atomic E-state index is 5.49. The molecule has 6 nitrogen and oxygen atoms in total. The molecule has 2 atom stereocenters. The highest BCUT2D eigenvalue weighted by molar-refractivity contribution is 14.0. The van der Waals surface area contributed by atoms with Crippen LogP contribution in [0.2, 0.25) is 0 Å². The average molecular weight is 533 g/mol. The minimum Gasteiger partial charge on any atom is -0.382 e. The molecule has 0 aromatic heterocycles. The Kier molecular flexibility index (Phi) is 14.3. The number of methoxy groups -OCH3 is 1. The van der Waals surface area contributed by atoms with Crippen molar-refractivity contribution in [3.8, 4) is 0 Å². The molecule has 0 amide bonds. The van der Waals surface area contributed by atoms with Crippen LogP contribution in [0, 0.1) is 11.8 Å². The van der Waals surface area contributed by atoms with E-state index >= 15 is 0 Å². The lowest BCUT2D eigenvalue weighted by Gasteiger charge is -2.35. The highest BCUT2D eigenvalue weighted by Gasteiger charge is 2.22. The number of nitrogens with one attached hydrogen (secondary N) is 2. The van der Waals surface area contributed by atoms with Gasteiger partial charge in [-0.1, -0.05) is 38.1 Å². The van der Waals surface area contributed by atoms with Crippen LogP contribution in [-0.4, -0.2) is 64.5 Å². The van der Waals surface area contributed by atoms with Gasteiger partial charge < -0.3 is 20.1 Å². The second-order valence-electron chi connectivity index (χ2n) is 8.22. The number of halogens is 1. The molecule has 2 N–H and O–H groups in total. The first-order valence-corrected chi connectivity index (χ1v) is 10.9. The Morgan fingerprint density at radius 3 is 2.43 bits per heavy atom. The summed E-state index contributed by atoms with van der Waals surface area (Å²) in [7, 11) is 3.50. The fourth-order valence-corrected chi connectivity index (χ4v) is 4.07. The number of likely N-dealkylation sites (tertiary alicyclic amines) is 1. The Hall–Kier alpha value is -0.900. The van der Waals surface area contributed by atoms with Crippen LogP contribution < -0.4 is 10.6 Å². The molecule has 172 valence electrons. The van der Waals surface area contributed by atoms with Crippen molar-refractivity contribution in [1.82, 2.24) is 15.5 Å². The van der Waals surface area contributed by atoms with Crippen molar-refractivity contribution in [2.24, 2.45) is 16.8 Å². The third-order valence-electron chi connectivity index (χ3n) is 5.32. The number of aliphatic imine (C=N–C) groups is 1. The van der Waals surface area contributed by atoms with E-state index in [2.05, 4.69) is 58.6 Å². The van der Waals surface area contributed by atoms with Gasteiger partial charge in [-0.25, -0.2) is 0 Å². The Bertz CT molecular complexity index is 605. The quantitative estimate of drug-likeness (QED) is 0.198. The van der Waals surface area contributed by atoms with E-state index in [9.17, 15) is 0 Å². The summed E-state index contributed by atoms with van der Waals surface area (Å²) in [5.41, 5.74) is 2.74. The molecule has 1 fully saturated rings. The molecule has 1 aromatic rings. The van der Waals surface area contributed by atoms with E-state index in [1.54, 1.807) is 7.11 Å². The summed E-state index contributed by atoms with van der Waals surface area (Å²) in [6, 6.07) is 8.74. The van der Waals surface area contributed by atoms with Crippen LogP contribution in [-0.2, 0) is 22.6 Å². The van der Waals surface area contributed by atoms with Crippen LogP contribution in [0.1, 0.15) is 37.8 Å². The highest BCUT2D eigenvalue weighted by atomic mass is 127. The van der Waals surface area contributed by atoms with Gasteiger partial charge >= 0.3 is 0 Å². The van der Waals surface area contributed by atoms with Crippen LogP contribution in [0.5, 0.6) is 0 Å². The molecule has 0 radical (unpaired) electrons. The van der Waals surface area contributed by atoms with Gasteiger partial charge in [0.05, 0.1) is 13.2 Å². The largest absolute Gasteiger partial charge is 0.382 e. The Morgan fingerprint density at radius 2 is 1.77 bits per heavy atom. The Morgan fingerprint density at radius 1 is 1.07 bits per heavy atom. The topological polar surface area (TPSA) is 58.1 Å². The van der Waals surface area contributed by atoms with Gasteiger partial charge in [0.15, 0.2) is 5.96 Å². The van der Waals surface area contributed by atoms with Gasteiger partial charge in [-0.3, -0.25) is 9.89 Å². The van der Waals surface area contributed by atoms with E-state index in [1.807, 2.05) is 7.05 Å². The normalized spacial score (nSPS) is 19.9. The molecule has 1 aromatic carbocycles. The van der Waals surface area contributed by atoms with Crippen molar-refractivity contribution in [3.05, 3.63) is 35.4 Å². The smallest absolute Gasteiger partial charge is 0.191 e. The molecule has 1 saturated heterocycles. The number of benzene rings is 1. The molecule has 0 saturated carbocycles. The van der Waals surface area contributed by atoms with Crippen LogP contribution >= 0.6 is 24.0 Å². The minimum atomic E-state index is 0. The fraction of sp³-hybridized carbons (Fsp3) is 0.696.